The number of hydrogen-bond donors (Lipinski definition) is 12. The van der Waals surface area contributed by atoms with E-state index in [2.05, 4.69) is 56.8 Å². The first-order chi connectivity index (χ1) is 30.3. The van der Waals surface area contributed by atoms with Crippen molar-refractivity contribution >= 4 is 29.6 Å². The Hall–Kier alpha value is -2.00. The van der Waals surface area contributed by atoms with E-state index in [9.17, 15) is 14.4 Å². The molecular formula is C40H88N16O5S. The van der Waals surface area contributed by atoms with Crippen LogP contribution in [0.15, 0.2) is 0 Å². The third-order valence-electron chi connectivity index (χ3n) is 10.9. The maximum atomic E-state index is 12.5. The summed E-state index contributed by atoms with van der Waals surface area (Å²) in [5.74, 6) is 0.784. The summed E-state index contributed by atoms with van der Waals surface area (Å²) in [5, 5.41) is 22.7. The first-order valence-corrected chi connectivity index (χ1v) is 24.3. The Bertz CT molecular complexity index is 1120. The van der Waals surface area contributed by atoms with Gasteiger partial charge in [0.05, 0.1) is 31.9 Å². The number of carbonyl (C=O) groups is 3. The minimum Gasteiger partial charge on any atom is -0.377 e. The summed E-state index contributed by atoms with van der Waals surface area (Å²) < 4.78 is 11.1. The molecule has 17 N–H and O–H groups in total. The number of amides is 4. The fourth-order valence-corrected chi connectivity index (χ4v) is 8.94. The molecular weight excluding hydrogens is 817 g/mol. The lowest BCUT2D eigenvalue weighted by molar-refractivity contribution is -0.126. The highest BCUT2D eigenvalue weighted by atomic mass is 32.2. The molecule has 0 unspecified atom stereocenters. The van der Waals surface area contributed by atoms with Gasteiger partial charge in [0.25, 0.3) is 0 Å². The fourth-order valence-electron chi connectivity index (χ4n) is 7.40. The van der Waals surface area contributed by atoms with Crippen LogP contribution >= 0.6 is 11.8 Å². The van der Waals surface area contributed by atoms with Crippen LogP contribution in [0.1, 0.15) is 25.7 Å². The van der Waals surface area contributed by atoms with Crippen molar-refractivity contribution in [2.45, 2.75) is 43.0 Å². The normalized spacial score (nSPS) is 17.4. The van der Waals surface area contributed by atoms with Crippen molar-refractivity contribution in [3.8, 4) is 0 Å². The van der Waals surface area contributed by atoms with Crippen LogP contribution in [-0.2, 0) is 19.1 Å². The van der Waals surface area contributed by atoms with E-state index >= 15 is 0 Å². The molecule has 2 rings (SSSR count). The number of nitrogens with zero attached hydrogens (tertiary/aromatic N) is 4. The Morgan fingerprint density at radius 3 is 1.65 bits per heavy atom. The quantitative estimate of drug-likeness (QED) is 0.0201. The monoisotopic (exact) mass is 905 g/mol. The molecule has 2 aliphatic heterocycles. The van der Waals surface area contributed by atoms with Gasteiger partial charge >= 0.3 is 6.03 Å². The Kier molecular flexibility index (Phi) is 34.7. The molecule has 2 aliphatic rings. The molecule has 0 aromatic heterocycles. The van der Waals surface area contributed by atoms with Crippen molar-refractivity contribution in [2.75, 3.05) is 196 Å². The van der Waals surface area contributed by atoms with E-state index < -0.39 is 0 Å². The molecule has 3 atom stereocenters. The zero-order valence-corrected chi connectivity index (χ0v) is 38.7. The molecule has 0 aromatic carbocycles. The average molecular weight is 905 g/mol. The molecule has 2 heterocycles. The van der Waals surface area contributed by atoms with Crippen LogP contribution in [-0.4, -0.2) is 251 Å². The molecule has 21 nitrogen and oxygen atoms in total. The molecule has 4 amide bonds. The van der Waals surface area contributed by atoms with Crippen molar-refractivity contribution in [1.29, 1.82) is 0 Å². The highest BCUT2D eigenvalue weighted by Crippen LogP contribution is 2.33. The standard InChI is InChI=1S/C40H88N16O5S/c41-5-10-46-12-22-55(23-15-48-14-21-53(18-7-43)19-8-44)27-29-56(24-13-47-11-6-42)28-26-54(20-9-45)25-16-49-38(58)33-61-32-31-60-30-17-50-37(57)4-2-1-3-36-39-35(34-62-36)51-40(59)52-39/h35-36,39,46-48H,1-34,41-45H2,(H,49,58)(H,50,57)(H2,51,52,59)/t35-,36-,39-/m0/s1. The van der Waals surface area contributed by atoms with Gasteiger partial charge in [-0.05, 0) is 12.8 Å². The van der Waals surface area contributed by atoms with Gasteiger partial charge in [-0.2, -0.15) is 11.8 Å². The SMILES string of the molecule is NCCNCCN(CCNCCN(CCN)CCN)CCN(CCNCCN)CCN(CCN)CCNC(=O)COCCOCCNC(=O)CCCC[C@@H]1SC[C@@H]2NC(=O)N[C@@H]21. The van der Waals surface area contributed by atoms with E-state index in [1.165, 1.54) is 0 Å². The molecule has 0 bridgehead atoms. The fraction of sp³-hybridized carbons (Fsp3) is 0.925. The largest absolute Gasteiger partial charge is 0.377 e. The van der Waals surface area contributed by atoms with E-state index in [0.717, 1.165) is 136 Å². The Labute approximate surface area is 376 Å². The molecule has 0 saturated carbocycles. The number of nitrogens with two attached hydrogens (primary N) is 5. The van der Waals surface area contributed by atoms with Crippen LogP contribution in [0.3, 0.4) is 0 Å². The number of ether oxygens (including phenoxy) is 2. The van der Waals surface area contributed by atoms with Gasteiger partial charge in [0.2, 0.25) is 11.8 Å². The van der Waals surface area contributed by atoms with Gasteiger partial charge in [0.15, 0.2) is 0 Å². The summed E-state index contributed by atoms with van der Waals surface area (Å²) in [7, 11) is 0. The lowest BCUT2D eigenvalue weighted by atomic mass is 10.0. The second kappa shape index (κ2) is 38.3. The average Bonchev–Trinajstić information content (AvgIpc) is 3.82. The van der Waals surface area contributed by atoms with E-state index in [4.69, 9.17) is 38.1 Å². The van der Waals surface area contributed by atoms with Crippen LogP contribution in [0.2, 0.25) is 0 Å². The van der Waals surface area contributed by atoms with Gasteiger partial charge in [0, 0.05) is 181 Å². The third-order valence-corrected chi connectivity index (χ3v) is 12.4. The minimum absolute atomic E-state index is 0.0123. The van der Waals surface area contributed by atoms with Gasteiger partial charge in [-0.15, -0.1) is 0 Å². The molecule has 62 heavy (non-hydrogen) atoms. The highest BCUT2D eigenvalue weighted by molar-refractivity contribution is 8.00. The predicted molar refractivity (Wildman–Crippen MR) is 251 cm³/mol. The zero-order valence-electron chi connectivity index (χ0n) is 37.9. The number of hydrogen-bond acceptors (Lipinski definition) is 18. The Morgan fingerprint density at radius 1 is 0.565 bits per heavy atom. The summed E-state index contributed by atoms with van der Waals surface area (Å²) in [5.41, 5.74) is 29.0. The molecule has 0 aliphatic carbocycles. The molecule has 0 aromatic rings. The first-order valence-electron chi connectivity index (χ1n) is 23.2. The summed E-state index contributed by atoms with van der Waals surface area (Å²) in [4.78, 5) is 45.8. The van der Waals surface area contributed by atoms with E-state index in [0.29, 0.717) is 77.2 Å². The number of urea groups is 1. The molecule has 2 saturated heterocycles. The molecule has 0 spiro atoms. The van der Waals surface area contributed by atoms with Crippen molar-refractivity contribution in [3.05, 3.63) is 0 Å². The van der Waals surface area contributed by atoms with Gasteiger partial charge in [0.1, 0.15) is 6.61 Å². The van der Waals surface area contributed by atoms with Crippen LogP contribution in [0.5, 0.6) is 0 Å². The number of carbonyl (C=O) groups excluding carboxylic acids is 3. The van der Waals surface area contributed by atoms with Gasteiger partial charge in [-0.3, -0.25) is 29.2 Å². The molecule has 22 heteroatoms. The van der Waals surface area contributed by atoms with E-state index in [1.807, 2.05) is 11.8 Å². The van der Waals surface area contributed by atoms with Gasteiger partial charge in [-0.1, -0.05) is 6.42 Å². The Morgan fingerprint density at radius 2 is 1.06 bits per heavy atom. The van der Waals surface area contributed by atoms with Crippen LogP contribution in [0.4, 0.5) is 4.79 Å². The number of unbranched alkanes of at least 4 members (excludes halogenated alkanes) is 1. The van der Waals surface area contributed by atoms with Gasteiger partial charge in [-0.25, -0.2) is 4.79 Å². The highest BCUT2D eigenvalue weighted by Gasteiger charge is 2.42. The molecule has 364 valence electrons. The summed E-state index contributed by atoms with van der Waals surface area (Å²) in [6, 6.07) is 0.360. The smallest absolute Gasteiger partial charge is 0.315 e. The maximum Gasteiger partial charge on any atom is 0.315 e. The lowest BCUT2D eigenvalue weighted by Gasteiger charge is -2.30. The number of nitrogens with one attached hydrogen (secondary N) is 7. The second-order valence-corrected chi connectivity index (χ2v) is 17.1. The molecule has 0 radical (unpaired) electrons. The second-order valence-electron chi connectivity index (χ2n) is 15.8. The van der Waals surface area contributed by atoms with Crippen molar-refractivity contribution in [1.82, 2.24) is 56.8 Å². The number of fused-ring (bicyclic) bond motifs is 1. The van der Waals surface area contributed by atoms with Crippen LogP contribution in [0, 0.1) is 0 Å². The minimum atomic E-state index is -0.174. The maximum absolute atomic E-state index is 12.5. The molecule has 2 fully saturated rings. The summed E-state index contributed by atoms with van der Waals surface area (Å²) in [6.45, 7) is 20.5. The third kappa shape index (κ3) is 28.0. The topological polar surface area (TPSA) is 297 Å². The van der Waals surface area contributed by atoms with Crippen molar-refractivity contribution < 1.29 is 23.9 Å². The zero-order chi connectivity index (χ0) is 44.9. The van der Waals surface area contributed by atoms with E-state index in [1.54, 1.807) is 0 Å². The van der Waals surface area contributed by atoms with Gasteiger partial charge < -0.3 is 75.4 Å². The Balaban J connectivity index is 1.61. The predicted octanol–water partition coefficient (Wildman–Crippen LogP) is -5.25. The van der Waals surface area contributed by atoms with E-state index in [-0.39, 0.29) is 43.1 Å². The number of rotatable bonds is 44. The van der Waals surface area contributed by atoms with Crippen LogP contribution < -0.4 is 65.9 Å². The summed E-state index contributed by atoms with van der Waals surface area (Å²) in [6.07, 6.45) is 3.23. The first kappa shape index (κ1) is 56.1. The lowest BCUT2D eigenvalue weighted by Crippen LogP contribution is -2.46. The summed E-state index contributed by atoms with van der Waals surface area (Å²) >= 11 is 1.89. The van der Waals surface area contributed by atoms with Crippen molar-refractivity contribution in [2.24, 2.45) is 28.7 Å². The number of thioether (sulfide) groups is 1. The van der Waals surface area contributed by atoms with Crippen LogP contribution in [0.25, 0.3) is 0 Å². The van der Waals surface area contributed by atoms with Crippen molar-refractivity contribution in [3.63, 3.8) is 0 Å².